The van der Waals surface area contributed by atoms with Crippen molar-refractivity contribution in [2.45, 2.75) is 51.4 Å². The summed E-state index contributed by atoms with van der Waals surface area (Å²) in [5, 5.41) is 0.221. The third-order valence-corrected chi connectivity index (χ3v) is 4.30. The van der Waals surface area contributed by atoms with E-state index in [1.54, 1.807) is 12.1 Å². The summed E-state index contributed by atoms with van der Waals surface area (Å²) < 4.78 is 13.5. The van der Waals surface area contributed by atoms with Gasteiger partial charge in [0.1, 0.15) is 5.82 Å². The van der Waals surface area contributed by atoms with Crippen LogP contribution >= 0.6 is 11.6 Å². The molecule has 19 heavy (non-hydrogen) atoms. The summed E-state index contributed by atoms with van der Waals surface area (Å²) in [5.41, 5.74) is 1.11. The van der Waals surface area contributed by atoms with Gasteiger partial charge in [-0.3, -0.25) is 0 Å². The molecule has 0 bridgehead atoms. The Morgan fingerprint density at radius 3 is 2.95 bits per heavy atom. The van der Waals surface area contributed by atoms with Crippen LogP contribution in [0.1, 0.15) is 56.9 Å². The molecule has 0 saturated heterocycles. The van der Waals surface area contributed by atoms with Crippen molar-refractivity contribution in [2.24, 2.45) is 5.92 Å². The minimum atomic E-state index is -0.289. The SMILES string of the molecule is CCCC=CC1CCCC(c2ccc(Cl)c(F)c2)C1. The molecule has 1 fully saturated rings. The smallest absolute Gasteiger partial charge is 0.142 e. The van der Waals surface area contributed by atoms with Gasteiger partial charge in [0, 0.05) is 0 Å². The minimum Gasteiger partial charge on any atom is -0.205 e. The zero-order valence-corrected chi connectivity index (χ0v) is 12.3. The summed E-state index contributed by atoms with van der Waals surface area (Å²) in [7, 11) is 0. The number of halogens is 2. The zero-order chi connectivity index (χ0) is 13.7. The van der Waals surface area contributed by atoms with Crippen LogP contribution in [0, 0.1) is 11.7 Å². The van der Waals surface area contributed by atoms with E-state index in [1.165, 1.54) is 25.7 Å². The molecule has 0 radical (unpaired) electrons. The summed E-state index contributed by atoms with van der Waals surface area (Å²) in [6.45, 7) is 2.20. The van der Waals surface area contributed by atoms with Crippen LogP contribution < -0.4 is 0 Å². The third-order valence-electron chi connectivity index (χ3n) is 3.99. The van der Waals surface area contributed by atoms with Gasteiger partial charge in [0.2, 0.25) is 0 Å². The van der Waals surface area contributed by atoms with Crippen molar-refractivity contribution in [1.29, 1.82) is 0 Å². The molecule has 0 aliphatic heterocycles. The van der Waals surface area contributed by atoms with Crippen molar-refractivity contribution in [3.05, 3.63) is 46.8 Å². The highest BCUT2D eigenvalue weighted by Gasteiger charge is 2.22. The Kier molecular flexibility index (Phi) is 5.45. The number of unbranched alkanes of at least 4 members (excludes halogenated alkanes) is 1. The monoisotopic (exact) mass is 280 g/mol. The summed E-state index contributed by atoms with van der Waals surface area (Å²) in [4.78, 5) is 0. The van der Waals surface area contributed by atoms with E-state index in [9.17, 15) is 4.39 Å². The van der Waals surface area contributed by atoms with Crippen molar-refractivity contribution in [1.82, 2.24) is 0 Å². The number of rotatable bonds is 4. The molecular formula is C17H22ClF. The van der Waals surface area contributed by atoms with Crippen LogP contribution in [0.3, 0.4) is 0 Å². The van der Waals surface area contributed by atoms with Crippen molar-refractivity contribution in [2.75, 3.05) is 0 Å². The van der Waals surface area contributed by atoms with Gasteiger partial charge in [0.25, 0.3) is 0 Å². The number of benzene rings is 1. The lowest BCUT2D eigenvalue weighted by atomic mass is 9.78. The predicted octanol–water partition coefficient (Wildman–Crippen LogP) is 6.11. The molecular weight excluding hydrogens is 259 g/mol. The molecule has 1 saturated carbocycles. The molecule has 0 nitrogen and oxygen atoms in total. The van der Waals surface area contributed by atoms with Crippen molar-refractivity contribution in [3.63, 3.8) is 0 Å². The van der Waals surface area contributed by atoms with Gasteiger partial charge in [0.05, 0.1) is 5.02 Å². The molecule has 2 rings (SSSR count). The number of hydrogen-bond acceptors (Lipinski definition) is 0. The average molecular weight is 281 g/mol. The van der Waals surface area contributed by atoms with Gasteiger partial charge in [0.15, 0.2) is 0 Å². The first-order valence-corrected chi connectivity index (χ1v) is 7.70. The molecule has 0 aromatic heterocycles. The summed E-state index contributed by atoms with van der Waals surface area (Å²) in [6.07, 6.45) is 11.8. The first-order valence-electron chi connectivity index (χ1n) is 7.32. The Labute approximate surface area is 120 Å². The zero-order valence-electron chi connectivity index (χ0n) is 11.5. The van der Waals surface area contributed by atoms with E-state index < -0.39 is 0 Å². The van der Waals surface area contributed by atoms with Gasteiger partial charge in [-0.05, 0) is 55.2 Å². The molecule has 0 amide bonds. The van der Waals surface area contributed by atoms with Crippen LogP contribution in [-0.4, -0.2) is 0 Å². The van der Waals surface area contributed by atoms with E-state index in [4.69, 9.17) is 11.6 Å². The van der Waals surface area contributed by atoms with Gasteiger partial charge in [-0.1, -0.05) is 49.6 Å². The van der Waals surface area contributed by atoms with E-state index in [1.807, 2.05) is 6.07 Å². The highest BCUT2D eigenvalue weighted by Crippen LogP contribution is 2.37. The first-order chi connectivity index (χ1) is 9.20. The molecule has 104 valence electrons. The largest absolute Gasteiger partial charge is 0.205 e. The number of allylic oxidation sites excluding steroid dienone is 2. The first kappa shape index (κ1) is 14.6. The second-order valence-corrected chi connectivity index (χ2v) is 5.92. The van der Waals surface area contributed by atoms with Crippen molar-refractivity contribution in [3.8, 4) is 0 Å². The van der Waals surface area contributed by atoms with Gasteiger partial charge < -0.3 is 0 Å². The third kappa shape index (κ3) is 4.07. The normalized spacial score (nSPS) is 23.9. The fourth-order valence-corrected chi connectivity index (χ4v) is 3.04. The maximum absolute atomic E-state index is 13.5. The van der Waals surface area contributed by atoms with Crippen LogP contribution in [0.5, 0.6) is 0 Å². The van der Waals surface area contributed by atoms with Crippen LogP contribution in [0.15, 0.2) is 30.4 Å². The maximum Gasteiger partial charge on any atom is 0.142 e. The molecule has 1 aromatic carbocycles. The molecule has 1 aliphatic rings. The lowest BCUT2D eigenvalue weighted by Gasteiger charge is -2.27. The van der Waals surface area contributed by atoms with Gasteiger partial charge in [-0.25, -0.2) is 4.39 Å². The molecule has 2 atom stereocenters. The Hall–Kier alpha value is -0.820. The predicted molar refractivity (Wildman–Crippen MR) is 80.2 cm³/mol. The Bertz CT molecular complexity index is 439. The van der Waals surface area contributed by atoms with E-state index in [0.717, 1.165) is 18.4 Å². The second-order valence-electron chi connectivity index (χ2n) is 5.51. The Balaban J connectivity index is 2.02. The van der Waals surface area contributed by atoms with Crippen LogP contribution in [-0.2, 0) is 0 Å². The minimum absolute atomic E-state index is 0.221. The molecule has 2 unspecified atom stereocenters. The molecule has 2 heteroatoms. The topological polar surface area (TPSA) is 0 Å². The molecule has 1 aromatic rings. The van der Waals surface area contributed by atoms with Crippen LogP contribution in [0.25, 0.3) is 0 Å². The van der Waals surface area contributed by atoms with E-state index >= 15 is 0 Å². The molecule has 1 aliphatic carbocycles. The summed E-state index contributed by atoms with van der Waals surface area (Å²) >= 11 is 5.75. The fourth-order valence-electron chi connectivity index (χ4n) is 2.93. The average Bonchev–Trinajstić information content (AvgIpc) is 2.43. The van der Waals surface area contributed by atoms with Crippen molar-refractivity contribution < 1.29 is 4.39 Å². The van der Waals surface area contributed by atoms with Gasteiger partial charge in [-0.15, -0.1) is 0 Å². The van der Waals surface area contributed by atoms with E-state index in [2.05, 4.69) is 19.1 Å². The standard InChI is InChI=1S/C17H22ClF/c1-2-3-4-6-13-7-5-8-14(11-13)15-9-10-16(18)17(19)12-15/h4,6,9-10,12-14H,2-3,5,7-8,11H2,1H3. The quantitative estimate of drug-likeness (QED) is 0.584. The molecule has 0 heterocycles. The number of hydrogen-bond donors (Lipinski definition) is 0. The summed E-state index contributed by atoms with van der Waals surface area (Å²) in [6, 6.07) is 5.28. The fraction of sp³-hybridized carbons (Fsp3) is 0.529. The maximum atomic E-state index is 13.5. The Morgan fingerprint density at radius 1 is 1.37 bits per heavy atom. The van der Waals surface area contributed by atoms with Crippen LogP contribution in [0.2, 0.25) is 5.02 Å². The second kappa shape index (κ2) is 7.09. The van der Waals surface area contributed by atoms with Crippen LogP contribution in [0.4, 0.5) is 4.39 Å². The van der Waals surface area contributed by atoms with E-state index in [-0.39, 0.29) is 10.8 Å². The summed E-state index contributed by atoms with van der Waals surface area (Å²) in [5.74, 6) is 0.851. The molecule has 0 spiro atoms. The molecule has 0 N–H and O–H groups in total. The lowest BCUT2D eigenvalue weighted by molar-refractivity contribution is 0.371. The van der Waals surface area contributed by atoms with Gasteiger partial charge >= 0.3 is 0 Å². The van der Waals surface area contributed by atoms with Gasteiger partial charge in [-0.2, -0.15) is 0 Å². The van der Waals surface area contributed by atoms with E-state index in [0.29, 0.717) is 11.8 Å². The van der Waals surface area contributed by atoms with Crippen molar-refractivity contribution >= 4 is 11.6 Å². The lowest BCUT2D eigenvalue weighted by Crippen LogP contribution is -2.12. The highest BCUT2D eigenvalue weighted by molar-refractivity contribution is 6.30. The Morgan fingerprint density at radius 2 is 2.21 bits per heavy atom. The highest BCUT2D eigenvalue weighted by atomic mass is 35.5.